The van der Waals surface area contributed by atoms with Gasteiger partial charge in [0.05, 0.1) is 0 Å². The first kappa shape index (κ1) is 26.7. The van der Waals surface area contributed by atoms with Gasteiger partial charge >= 0.3 is 15.2 Å². The monoisotopic (exact) mass is 363 g/mol. The number of nitrogens with zero attached hydrogens (tertiary/aromatic N) is 1. The van der Waals surface area contributed by atoms with Gasteiger partial charge in [0.15, 0.2) is 0 Å². The normalized spacial score (nSPS) is 11.3. The van der Waals surface area contributed by atoms with E-state index in [-0.39, 0.29) is 18.2 Å². The van der Waals surface area contributed by atoms with Crippen LogP contribution in [0.15, 0.2) is 0 Å². The smallest absolute Gasteiger partial charge is 0.325 e. The molecular formula is C12H31NO7P2. The SMILES string of the molecule is CC(=O)N(C(C)C)C(C)C.CCP(=O)(O)O.CCP(=O)(O)O. The van der Waals surface area contributed by atoms with Gasteiger partial charge in [-0.05, 0) is 27.7 Å². The quantitative estimate of drug-likeness (QED) is 0.561. The summed E-state index contributed by atoms with van der Waals surface area (Å²) in [4.78, 5) is 44.6. The lowest BCUT2D eigenvalue weighted by atomic mass is 10.2. The molecule has 0 bridgehead atoms. The van der Waals surface area contributed by atoms with Crippen LogP contribution < -0.4 is 0 Å². The number of rotatable bonds is 4. The van der Waals surface area contributed by atoms with E-state index in [0.717, 1.165) is 0 Å². The predicted octanol–water partition coefficient (Wildman–Crippen LogP) is 2.02. The van der Waals surface area contributed by atoms with Crippen molar-refractivity contribution in [2.75, 3.05) is 12.3 Å². The van der Waals surface area contributed by atoms with E-state index in [1.54, 1.807) is 6.92 Å². The Morgan fingerprint density at radius 2 is 1.05 bits per heavy atom. The zero-order valence-corrected chi connectivity index (χ0v) is 16.2. The Morgan fingerprint density at radius 1 is 0.864 bits per heavy atom. The maximum atomic E-state index is 11.0. The highest BCUT2D eigenvalue weighted by atomic mass is 31.2. The van der Waals surface area contributed by atoms with Crippen LogP contribution in [0.25, 0.3) is 0 Å². The van der Waals surface area contributed by atoms with Crippen LogP contribution in [0.1, 0.15) is 48.5 Å². The molecular weight excluding hydrogens is 332 g/mol. The van der Waals surface area contributed by atoms with Crippen LogP contribution in [0.2, 0.25) is 0 Å². The molecule has 0 fully saturated rings. The Hall–Kier alpha value is -0.230. The molecule has 0 aliphatic rings. The van der Waals surface area contributed by atoms with E-state index in [1.807, 2.05) is 32.6 Å². The largest absolute Gasteiger partial charge is 0.338 e. The summed E-state index contributed by atoms with van der Waals surface area (Å²) < 4.78 is 19.4. The Kier molecular flexibility index (Phi) is 14.8. The molecule has 0 heterocycles. The van der Waals surface area contributed by atoms with E-state index < -0.39 is 15.2 Å². The van der Waals surface area contributed by atoms with Gasteiger partial charge in [0.2, 0.25) is 5.91 Å². The van der Waals surface area contributed by atoms with E-state index in [0.29, 0.717) is 12.1 Å². The molecule has 22 heavy (non-hydrogen) atoms. The van der Waals surface area contributed by atoms with Crippen molar-refractivity contribution in [1.29, 1.82) is 0 Å². The zero-order valence-electron chi connectivity index (χ0n) is 14.4. The summed E-state index contributed by atoms with van der Waals surface area (Å²) in [5.74, 6) is 0.157. The van der Waals surface area contributed by atoms with Crippen molar-refractivity contribution in [2.24, 2.45) is 0 Å². The van der Waals surface area contributed by atoms with Gasteiger partial charge in [-0.2, -0.15) is 0 Å². The number of hydrogen-bond acceptors (Lipinski definition) is 3. The molecule has 0 aromatic rings. The summed E-state index contributed by atoms with van der Waals surface area (Å²) >= 11 is 0. The first-order valence-corrected chi connectivity index (χ1v) is 10.6. The van der Waals surface area contributed by atoms with Crippen LogP contribution in [-0.2, 0) is 13.9 Å². The van der Waals surface area contributed by atoms with Gasteiger partial charge in [0.25, 0.3) is 0 Å². The average molecular weight is 363 g/mol. The molecule has 136 valence electrons. The number of carbonyl (C=O) groups excluding carboxylic acids is 1. The molecule has 0 aromatic heterocycles. The van der Waals surface area contributed by atoms with Crippen molar-refractivity contribution in [1.82, 2.24) is 4.90 Å². The molecule has 0 saturated heterocycles. The topological polar surface area (TPSA) is 135 Å². The van der Waals surface area contributed by atoms with Gasteiger partial charge in [0, 0.05) is 31.3 Å². The highest BCUT2D eigenvalue weighted by Crippen LogP contribution is 2.32. The summed E-state index contributed by atoms with van der Waals surface area (Å²) in [7, 11) is -7.29. The molecule has 0 atom stereocenters. The second kappa shape index (κ2) is 12.2. The highest BCUT2D eigenvalue weighted by molar-refractivity contribution is 7.51. The number of carbonyl (C=O) groups is 1. The van der Waals surface area contributed by atoms with E-state index >= 15 is 0 Å². The predicted molar refractivity (Wildman–Crippen MR) is 88.0 cm³/mol. The summed E-state index contributed by atoms with van der Waals surface area (Å²) in [6, 6.07) is 0.634. The third kappa shape index (κ3) is 22.1. The van der Waals surface area contributed by atoms with Crippen molar-refractivity contribution >= 4 is 21.1 Å². The summed E-state index contributed by atoms with van der Waals surface area (Å²) in [6.45, 7) is 12.6. The van der Waals surface area contributed by atoms with E-state index in [4.69, 9.17) is 19.6 Å². The van der Waals surface area contributed by atoms with Gasteiger partial charge in [-0.1, -0.05) is 13.8 Å². The maximum Gasteiger partial charge on any atom is 0.325 e. The molecule has 10 heteroatoms. The second-order valence-corrected chi connectivity index (χ2v) is 9.00. The fraction of sp³-hybridized carbons (Fsp3) is 0.917. The van der Waals surface area contributed by atoms with Gasteiger partial charge in [-0.3, -0.25) is 13.9 Å². The summed E-state index contributed by atoms with van der Waals surface area (Å²) in [5, 5.41) is 0. The third-order valence-electron chi connectivity index (χ3n) is 2.30. The van der Waals surface area contributed by atoms with Crippen molar-refractivity contribution in [3.05, 3.63) is 0 Å². The molecule has 0 rings (SSSR count). The van der Waals surface area contributed by atoms with Gasteiger partial charge in [0.1, 0.15) is 0 Å². The first-order valence-electron chi connectivity index (χ1n) is 6.97. The molecule has 4 N–H and O–H groups in total. The fourth-order valence-electron chi connectivity index (χ4n) is 1.32. The molecule has 0 aliphatic carbocycles. The molecule has 0 unspecified atom stereocenters. The lowest BCUT2D eigenvalue weighted by molar-refractivity contribution is -0.132. The van der Waals surface area contributed by atoms with E-state index in [2.05, 4.69) is 0 Å². The molecule has 8 nitrogen and oxygen atoms in total. The molecule has 0 spiro atoms. The van der Waals surface area contributed by atoms with Crippen LogP contribution in [0.5, 0.6) is 0 Å². The highest BCUT2D eigenvalue weighted by Gasteiger charge is 2.14. The van der Waals surface area contributed by atoms with Gasteiger partial charge in [-0.15, -0.1) is 0 Å². The summed E-state index contributed by atoms with van der Waals surface area (Å²) in [5.41, 5.74) is 0. The van der Waals surface area contributed by atoms with Crippen LogP contribution in [-0.4, -0.2) is 54.8 Å². The standard InChI is InChI=1S/C8H17NO.2C2H7O3P/c1-6(2)9(7(3)4)8(5)10;2*1-2-6(3,4)5/h6-7H,1-5H3;2*2H2,1H3,(H2,3,4,5). The minimum atomic E-state index is -3.65. The average Bonchev–Trinajstić information content (AvgIpc) is 2.26. The molecule has 0 saturated carbocycles. The second-order valence-electron chi connectivity index (χ2n) is 5.08. The Morgan fingerprint density at radius 3 is 1.05 bits per heavy atom. The minimum absolute atomic E-state index is 0.0625. The molecule has 0 aromatic carbocycles. The Balaban J connectivity index is -0.000000261. The van der Waals surface area contributed by atoms with Gasteiger partial charge < -0.3 is 24.5 Å². The summed E-state index contributed by atoms with van der Waals surface area (Å²) in [6.07, 6.45) is -0.125. The lowest BCUT2D eigenvalue weighted by Gasteiger charge is -2.29. The first-order chi connectivity index (χ1) is 9.59. The van der Waals surface area contributed by atoms with Crippen molar-refractivity contribution < 1.29 is 33.5 Å². The fourth-order valence-corrected chi connectivity index (χ4v) is 1.32. The number of hydrogen-bond donors (Lipinski definition) is 4. The van der Waals surface area contributed by atoms with E-state index in [1.165, 1.54) is 13.8 Å². The van der Waals surface area contributed by atoms with Crippen molar-refractivity contribution in [3.63, 3.8) is 0 Å². The third-order valence-corrected chi connectivity index (χ3v) is 3.95. The van der Waals surface area contributed by atoms with Crippen molar-refractivity contribution in [2.45, 2.75) is 60.5 Å². The molecule has 0 aliphatic heterocycles. The molecule has 0 radical (unpaired) electrons. The van der Waals surface area contributed by atoms with Crippen LogP contribution >= 0.6 is 15.2 Å². The van der Waals surface area contributed by atoms with E-state index in [9.17, 15) is 13.9 Å². The van der Waals surface area contributed by atoms with Crippen LogP contribution in [0.3, 0.4) is 0 Å². The Bertz CT molecular complexity index is 357. The Labute approximate surface area is 133 Å². The molecule has 1 amide bonds. The lowest BCUT2D eigenvalue weighted by Crippen LogP contribution is -2.40. The minimum Gasteiger partial charge on any atom is -0.338 e. The number of amides is 1. The van der Waals surface area contributed by atoms with Crippen LogP contribution in [0.4, 0.5) is 0 Å². The van der Waals surface area contributed by atoms with Gasteiger partial charge in [-0.25, -0.2) is 0 Å². The van der Waals surface area contributed by atoms with Crippen molar-refractivity contribution in [3.8, 4) is 0 Å². The van der Waals surface area contributed by atoms with Crippen LogP contribution in [0, 0.1) is 0 Å². The maximum absolute atomic E-state index is 11.0. The zero-order chi connectivity index (χ0) is 18.7.